The predicted octanol–water partition coefficient (Wildman–Crippen LogP) is 3.10. The Balaban J connectivity index is 1.27. The molecule has 4 atom stereocenters. The molecule has 1 aromatic carbocycles. The van der Waals surface area contributed by atoms with Crippen LogP contribution in [0.3, 0.4) is 0 Å². The second-order valence-corrected chi connectivity index (χ2v) is 14.9. The van der Waals surface area contributed by atoms with Crippen LogP contribution in [-0.2, 0) is 19.6 Å². The highest BCUT2D eigenvalue weighted by Gasteiger charge is 2.62. The Bertz CT molecular complexity index is 1630. The molecule has 2 saturated carbocycles. The van der Waals surface area contributed by atoms with Crippen molar-refractivity contribution in [2.24, 2.45) is 5.92 Å². The van der Waals surface area contributed by atoms with Crippen molar-refractivity contribution in [2.45, 2.75) is 67.9 Å². The van der Waals surface area contributed by atoms with Crippen LogP contribution < -0.4 is 19.5 Å². The van der Waals surface area contributed by atoms with Gasteiger partial charge in [0.25, 0.3) is 5.91 Å². The van der Waals surface area contributed by atoms with E-state index in [4.69, 9.17) is 9.47 Å². The molecule has 4 amide bonds. The summed E-state index contributed by atoms with van der Waals surface area (Å²) in [5.41, 5.74) is -1.40. The van der Waals surface area contributed by atoms with E-state index in [2.05, 4.69) is 31.0 Å². The number of pyridine rings is 1. The number of ether oxygens (including phenoxy) is 2. The zero-order valence-electron chi connectivity index (χ0n) is 24.6. The van der Waals surface area contributed by atoms with Crippen molar-refractivity contribution in [3.05, 3.63) is 41.0 Å². The molecular weight excluding hydrogens is 654 g/mol. The van der Waals surface area contributed by atoms with E-state index in [0.29, 0.717) is 31.0 Å². The van der Waals surface area contributed by atoms with E-state index in [1.807, 2.05) is 24.3 Å². The summed E-state index contributed by atoms with van der Waals surface area (Å²) in [5, 5.41) is 3.87. The van der Waals surface area contributed by atoms with Gasteiger partial charge in [0.15, 0.2) is 0 Å². The summed E-state index contributed by atoms with van der Waals surface area (Å²) in [5.74, 6) is -0.575. The first-order valence-electron chi connectivity index (χ1n) is 14.9. The Morgan fingerprint density at radius 1 is 1.20 bits per heavy atom. The maximum absolute atomic E-state index is 13.9. The van der Waals surface area contributed by atoms with Gasteiger partial charge in [-0.25, -0.2) is 18.2 Å². The molecule has 44 heavy (non-hydrogen) atoms. The molecule has 3 heterocycles. The minimum atomic E-state index is -3.81. The molecule has 12 nitrogen and oxygen atoms in total. The molecule has 1 aromatic heterocycles. The number of allylic oxidation sites excluding steroid dienone is 1. The molecule has 6 rings (SSSR count). The monoisotopic (exact) mass is 689 g/mol. The third-order valence-electron chi connectivity index (χ3n) is 8.87. The number of sulfonamides is 1. The normalized spacial score (nSPS) is 28.4. The first-order valence-corrected chi connectivity index (χ1v) is 17.2. The largest absolute Gasteiger partial charge is 0.497 e. The van der Waals surface area contributed by atoms with E-state index in [-0.39, 0.29) is 31.3 Å². The Morgan fingerprint density at radius 3 is 2.75 bits per heavy atom. The third-order valence-corrected chi connectivity index (χ3v) is 11.3. The summed E-state index contributed by atoms with van der Waals surface area (Å²) in [6.07, 6.45) is 8.74. The van der Waals surface area contributed by atoms with Crippen molar-refractivity contribution in [3.63, 3.8) is 0 Å². The zero-order chi connectivity index (χ0) is 31.2. The van der Waals surface area contributed by atoms with Crippen LogP contribution in [0.4, 0.5) is 4.79 Å². The van der Waals surface area contributed by atoms with Gasteiger partial charge in [-0.2, -0.15) is 0 Å². The molecule has 1 saturated heterocycles. The summed E-state index contributed by atoms with van der Waals surface area (Å²) in [7, 11) is -0.517. The molecule has 2 aliphatic heterocycles. The number of benzene rings is 1. The number of fused-ring (bicyclic) bond motifs is 3. The lowest BCUT2D eigenvalue weighted by Crippen LogP contribution is -2.57. The molecule has 2 N–H and O–H groups in total. The number of hydrogen-bond donors (Lipinski definition) is 2. The summed E-state index contributed by atoms with van der Waals surface area (Å²) in [6.45, 7) is 0.661. The number of amides is 4. The molecule has 0 spiro atoms. The van der Waals surface area contributed by atoms with E-state index in [1.54, 1.807) is 31.3 Å². The molecule has 236 valence electrons. The van der Waals surface area contributed by atoms with E-state index in [9.17, 15) is 22.8 Å². The van der Waals surface area contributed by atoms with Gasteiger partial charge < -0.3 is 24.6 Å². The Kier molecular flexibility index (Phi) is 8.24. The van der Waals surface area contributed by atoms with Crippen molar-refractivity contribution in [1.82, 2.24) is 24.8 Å². The number of nitrogens with zero attached hydrogens (tertiary/aromatic N) is 3. The number of carbonyl (C=O) groups excluding carboxylic acids is 3. The minimum Gasteiger partial charge on any atom is -0.497 e. The highest BCUT2D eigenvalue weighted by atomic mass is 79.9. The highest BCUT2D eigenvalue weighted by molar-refractivity contribution is 9.10. The van der Waals surface area contributed by atoms with E-state index < -0.39 is 44.8 Å². The van der Waals surface area contributed by atoms with Crippen LogP contribution in [0.15, 0.2) is 41.0 Å². The zero-order valence-corrected chi connectivity index (χ0v) is 27.0. The summed E-state index contributed by atoms with van der Waals surface area (Å²) in [4.78, 5) is 48.6. The number of hydrogen-bond acceptors (Lipinski definition) is 8. The van der Waals surface area contributed by atoms with Gasteiger partial charge in [-0.3, -0.25) is 14.3 Å². The molecule has 0 bridgehead atoms. The average molecular weight is 691 g/mol. The molecule has 2 aliphatic carbocycles. The number of halogens is 1. The fourth-order valence-electron chi connectivity index (χ4n) is 6.04. The van der Waals surface area contributed by atoms with Crippen molar-refractivity contribution in [1.29, 1.82) is 0 Å². The molecule has 14 heteroatoms. The summed E-state index contributed by atoms with van der Waals surface area (Å²) in [6, 6.07) is 4.27. The van der Waals surface area contributed by atoms with E-state index in [1.165, 1.54) is 4.90 Å². The van der Waals surface area contributed by atoms with E-state index in [0.717, 1.165) is 34.5 Å². The van der Waals surface area contributed by atoms with Crippen LogP contribution in [0, 0.1) is 5.92 Å². The topological polar surface area (TPSA) is 147 Å². The lowest BCUT2D eigenvalue weighted by Gasteiger charge is -2.30. The van der Waals surface area contributed by atoms with Crippen molar-refractivity contribution >= 4 is 54.6 Å². The Labute approximate surface area is 264 Å². The molecular formula is C30H36BrN5O7S. The minimum absolute atomic E-state index is 0.134. The van der Waals surface area contributed by atoms with Gasteiger partial charge in [0.1, 0.15) is 23.4 Å². The number of rotatable bonds is 6. The lowest BCUT2D eigenvalue weighted by atomic mass is 10.1. The summed E-state index contributed by atoms with van der Waals surface area (Å²) >= 11 is 3.53. The van der Waals surface area contributed by atoms with Crippen LogP contribution in [0.2, 0.25) is 0 Å². The van der Waals surface area contributed by atoms with Crippen LogP contribution >= 0.6 is 15.9 Å². The number of carbonyl (C=O) groups is 3. The van der Waals surface area contributed by atoms with Gasteiger partial charge in [-0.1, -0.05) is 12.2 Å². The number of urea groups is 1. The van der Waals surface area contributed by atoms with Crippen LogP contribution in [0.5, 0.6) is 11.6 Å². The van der Waals surface area contributed by atoms with Gasteiger partial charge in [0, 0.05) is 47.4 Å². The third kappa shape index (κ3) is 5.97. The van der Waals surface area contributed by atoms with Crippen LogP contribution in [0.1, 0.15) is 44.9 Å². The Morgan fingerprint density at radius 2 is 2.00 bits per heavy atom. The van der Waals surface area contributed by atoms with Crippen LogP contribution in [-0.4, -0.2) is 91.2 Å². The second kappa shape index (κ2) is 11.8. The van der Waals surface area contributed by atoms with Gasteiger partial charge >= 0.3 is 6.03 Å². The quantitative estimate of drug-likeness (QED) is 0.440. The first-order chi connectivity index (χ1) is 21.0. The highest BCUT2D eigenvalue weighted by Crippen LogP contribution is 2.46. The predicted molar refractivity (Wildman–Crippen MR) is 166 cm³/mol. The molecule has 4 aliphatic rings. The van der Waals surface area contributed by atoms with E-state index >= 15 is 0 Å². The maximum Gasteiger partial charge on any atom is 0.320 e. The van der Waals surface area contributed by atoms with Gasteiger partial charge in [0.05, 0.1) is 18.9 Å². The fourth-order valence-corrected chi connectivity index (χ4v) is 7.83. The van der Waals surface area contributed by atoms with Gasteiger partial charge in [-0.15, -0.1) is 0 Å². The number of methoxy groups -OCH3 is 1. The van der Waals surface area contributed by atoms with Crippen LogP contribution in [0.25, 0.3) is 10.8 Å². The number of aromatic nitrogens is 1. The van der Waals surface area contributed by atoms with Crippen molar-refractivity contribution < 1.29 is 32.3 Å². The SMILES string of the molecule is COc1ccc2c(OC3CC4C(=O)NC5(C(=O)NS(=O)(=O)C6CC6)CC5/C=C\CCCCN(C)C(=O)N4C3)ncc(Br)c2c1. The average Bonchev–Trinajstić information content (AvgIpc) is 3.92. The molecule has 2 aromatic rings. The summed E-state index contributed by atoms with van der Waals surface area (Å²) < 4.78 is 39.9. The number of nitrogens with one attached hydrogen (secondary N) is 2. The maximum atomic E-state index is 13.9. The first kappa shape index (κ1) is 30.6. The van der Waals surface area contributed by atoms with Gasteiger partial charge in [0.2, 0.25) is 21.8 Å². The Hall–Kier alpha value is -3.39. The standard InChI is InChI=1S/C30H36BrN5O7S/c1-35-12-6-4-3-5-7-18-15-30(18,28(38)34-44(40,41)21-9-10-21)33-26(37)25-14-20(17-36(25)29(35)39)43-27-22-11-8-19(42-2)13-23(22)24(31)16-32-27/h5,7-8,11,13,16,18,20-21,25H,3-4,6,9-10,12,14-15,17H2,1-2H3,(H,33,37)(H,34,38)/b7-5-. The fraction of sp³-hybridized carbons (Fsp3) is 0.533. The lowest BCUT2D eigenvalue weighted by molar-refractivity contribution is -0.131. The van der Waals surface area contributed by atoms with Crippen molar-refractivity contribution in [2.75, 3.05) is 27.2 Å². The smallest absolute Gasteiger partial charge is 0.320 e. The van der Waals surface area contributed by atoms with Gasteiger partial charge in [-0.05, 0) is 72.7 Å². The molecule has 0 radical (unpaired) electrons. The van der Waals surface area contributed by atoms with Crippen molar-refractivity contribution in [3.8, 4) is 11.6 Å². The molecule has 4 unspecified atom stereocenters. The second-order valence-electron chi connectivity index (χ2n) is 12.0. The molecule has 3 fully saturated rings.